The van der Waals surface area contributed by atoms with Gasteiger partial charge in [-0.2, -0.15) is 5.26 Å². The second-order valence-electron chi connectivity index (χ2n) is 2.85. The van der Waals surface area contributed by atoms with Crippen molar-refractivity contribution >= 4 is 6.08 Å². The first-order valence-electron chi connectivity index (χ1n) is 3.87. The van der Waals surface area contributed by atoms with Crippen molar-refractivity contribution in [2.75, 3.05) is 0 Å². The normalized spacial score (nSPS) is 10.9. The topological polar surface area (TPSA) is 23.8 Å². The van der Waals surface area contributed by atoms with Crippen molar-refractivity contribution in [1.29, 1.82) is 5.26 Å². The van der Waals surface area contributed by atoms with Gasteiger partial charge in [-0.25, -0.2) is 0 Å². The Morgan fingerprint density at radius 2 is 1.92 bits per heavy atom. The van der Waals surface area contributed by atoms with Gasteiger partial charge in [-0.1, -0.05) is 29.8 Å². The molecular weight excluding hydrogens is 146 g/mol. The first-order chi connectivity index (χ1) is 5.72. The molecule has 0 N–H and O–H groups in total. The molecule has 0 radical (unpaired) electrons. The van der Waals surface area contributed by atoms with E-state index in [1.165, 1.54) is 5.56 Å². The molecular formula is C11H11N. The third-order valence-electron chi connectivity index (χ3n) is 1.64. The summed E-state index contributed by atoms with van der Waals surface area (Å²) < 4.78 is 0. The average molecular weight is 157 g/mol. The number of aryl methyl sites for hydroxylation is 1. The highest BCUT2D eigenvalue weighted by Gasteiger charge is 1.88. The fourth-order valence-electron chi connectivity index (χ4n) is 0.945. The van der Waals surface area contributed by atoms with Crippen molar-refractivity contribution in [3.05, 3.63) is 41.0 Å². The first-order valence-corrected chi connectivity index (χ1v) is 3.87. The van der Waals surface area contributed by atoms with Gasteiger partial charge in [0.05, 0.1) is 6.07 Å². The maximum atomic E-state index is 8.53. The van der Waals surface area contributed by atoms with Gasteiger partial charge in [-0.05, 0) is 25.5 Å². The Balaban J connectivity index is 2.93. The monoisotopic (exact) mass is 157 g/mol. The van der Waals surface area contributed by atoms with E-state index >= 15 is 0 Å². The number of nitrogens with zero attached hydrogens (tertiary/aromatic N) is 1. The molecule has 0 saturated carbocycles. The number of benzene rings is 1. The van der Waals surface area contributed by atoms with Crippen molar-refractivity contribution < 1.29 is 0 Å². The highest BCUT2D eigenvalue weighted by Crippen LogP contribution is 2.07. The molecule has 0 aliphatic carbocycles. The smallest absolute Gasteiger partial charge is 0.0944 e. The fraction of sp³-hybridized carbons (Fsp3) is 0.182. The van der Waals surface area contributed by atoms with Crippen molar-refractivity contribution in [2.24, 2.45) is 0 Å². The van der Waals surface area contributed by atoms with Gasteiger partial charge in [0, 0.05) is 5.57 Å². The number of allylic oxidation sites excluding steroid dienone is 1. The summed E-state index contributed by atoms with van der Waals surface area (Å²) >= 11 is 0. The van der Waals surface area contributed by atoms with E-state index in [-0.39, 0.29) is 0 Å². The fourth-order valence-corrected chi connectivity index (χ4v) is 0.945. The van der Waals surface area contributed by atoms with Crippen LogP contribution >= 0.6 is 0 Å². The molecule has 0 heterocycles. The van der Waals surface area contributed by atoms with Crippen molar-refractivity contribution in [3.8, 4) is 6.07 Å². The maximum absolute atomic E-state index is 8.53. The molecule has 0 aliphatic heterocycles. The number of nitriles is 1. The molecule has 0 fully saturated rings. The maximum Gasteiger partial charge on any atom is 0.0944 e. The summed E-state index contributed by atoms with van der Waals surface area (Å²) in [4.78, 5) is 0. The molecule has 60 valence electrons. The summed E-state index contributed by atoms with van der Waals surface area (Å²) in [5.41, 5.74) is 3.06. The molecule has 0 aromatic heterocycles. The van der Waals surface area contributed by atoms with Gasteiger partial charge >= 0.3 is 0 Å². The predicted octanol–water partition coefficient (Wildman–Crippen LogP) is 2.92. The number of hydrogen-bond donors (Lipinski definition) is 0. The molecule has 0 unspecified atom stereocenters. The predicted molar refractivity (Wildman–Crippen MR) is 50.4 cm³/mol. The van der Waals surface area contributed by atoms with Gasteiger partial charge in [0.25, 0.3) is 0 Å². The lowest BCUT2D eigenvalue weighted by atomic mass is 10.1. The standard InChI is InChI=1S/C11H11N/c1-9-3-5-11(6-4-9)7-10(2)8-12/h3-7H,1-2H3/b10-7-. The zero-order chi connectivity index (χ0) is 8.97. The Labute approximate surface area is 73.0 Å². The summed E-state index contributed by atoms with van der Waals surface area (Å²) in [7, 11) is 0. The van der Waals surface area contributed by atoms with Crippen LogP contribution < -0.4 is 0 Å². The van der Waals surface area contributed by atoms with E-state index in [0.29, 0.717) is 0 Å². The third kappa shape index (κ3) is 2.25. The Kier molecular flexibility index (Phi) is 2.66. The second kappa shape index (κ2) is 3.73. The first kappa shape index (κ1) is 8.55. The van der Waals surface area contributed by atoms with Gasteiger partial charge in [0.1, 0.15) is 0 Å². The molecule has 0 saturated heterocycles. The van der Waals surface area contributed by atoms with Crippen LogP contribution in [0, 0.1) is 18.3 Å². The molecule has 1 aromatic carbocycles. The Morgan fingerprint density at radius 3 is 2.42 bits per heavy atom. The minimum atomic E-state index is 0.735. The highest BCUT2D eigenvalue weighted by atomic mass is 14.2. The molecule has 0 spiro atoms. The Hall–Kier alpha value is -1.55. The van der Waals surface area contributed by atoms with E-state index in [0.717, 1.165) is 11.1 Å². The molecule has 1 heteroatoms. The quantitative estimate of drug-likeness (QED) is 0.575. The lowest BCUT2D eigenvalue weighted by Crippen LogP contribution is -1.75. The second-order valence-corrected chi connectivity index (χ2v) is 2.85. The molecule has 0 aliphatic rings. The van der Waals surface area contributed by atoms with Crippen LogP contribution in [-0.4, -0.2) is 0 Å². The molecule has 0 atom stereocenters. The van der Waals surface area contributed by atoms with Gasteiger partial charge in [0.15, 0.2) is 0 Å². The summed E-state index contributed by atoms with van der Waals surface area (Å²) in [6.07, 6.45) is 1.87. The summed E-state index contributed by atoms with van der Waals surface area (Å²) in [5.74, 6) is 0. The molecule has 1 nitrogen and oxygen atoms in total. The summed E-state index contributed by atoms with van der Waals surface area (Å²) in [6.45, 7) is 3.85. The summed E-state index contributed by atoms with van der Waals surface area (Å²) in [6, 6.07) is 10.2. The molecule has 12 heavy (non-hydrogen) atoms. The van der Waals surface area contributed by atoms with Crippen LogP contribution in [0.1, 0.15) is 18.1 Å². The molecule has 0 bridgehead atoms. The van der Waals surface area contributed by atoms with Crippen molar-refractivity contribution in [1.82, 2.24) is 0 Å². The van der Waals surface area contributed by atoms with E-state index in [9.17, 15) is 0 Å². The van der Waals surface area contributed by atoms with Crippen LogP contribution in [-0.2, 0) is 0 Å². The highest BCUT2D eigenvalue weighted by molar-refractivity contribution is 5.56. The minimum absolute atomic E-state index is 0.735. The third-order valence-corrected chi connectivity index (χ3v) is 1.64. The van der Waals surface area contributed by atoms with E-state index in [4.69, 9.17) is 5.26 Å². The average Bonchev–Trinajstić information content (AvgIpc) is 2.09. The van der Waals surface area contributed by atoms with Crippen LogP contribution in [0.3, 0.4) is 0 Å². The molecule has 1 aromatic rings. The van der Waals surface area contributed by atoms with E-state index in [1.54, 1.807) is 6.92 Å². The van der Waals surface area contributed by atoms with Gasteiger partial charge < -0.3 is 0 Å². The van der Waals surface area contributed by atoms with Gasteiger partial charge in [-0.3, -0.25) is 0 Å². The van der Waals surface area contributed by atoms with Crippen LogP contribution in [0.2, 0.25) is 0 Å². The zero-order valence-electron chi connectivity index (χ0n) is 7.33. The lowest BCUT2D eigenvalue weighted by Gasteiger charge is -1.94. The van der Waals surface area contributed by atoms with Crippen LogP contribution in [0.4, 0.5) is 0 Å². The molecule has 1 rings (SSSR count). The van der Waals surface area contributed by atoms with Gasteiger partial charge in [0.2, 0.25) is 0 Å². The van der Waals surface area contributed by atoms with Crippen molar-refractivity contribution in [2.45, 2.75) is 13.8 Å². The van der Waals surface area contributed by atoms with Crippen LogP contribution in [0.25, 0.3) is 6.08 Å². The van der Waals surface area contributed by atoms with Gasteiger partial charge in [-0.15, -0.1) is 0 Å². The van der Waals surface area contributed by atoms with Crippen LogP contribution in [0.5, 0.6) is 0 Å². The number of hydrogen-bond acceptors (Lipinski definition) is 1. The van der Waals surface area contributed by atoms with Crippen molar-refractivity contribution in [3.63, 3.8) is 0 Å². The Morgan fingerprint density at radius 1 is 1.33 bits per heavy atom. The van der Waals surface area contributed by atoms with E-state index < -0.39 is 0 Å². The minimum Gasteiger partial charge on any atom is -0.193 e. The lowest BCUT2D eigenvalue weighted by molar-refractivity contribution is 1.44. The summed E-state index contributed by atoms with van der Waals surface area (Å²) in [5, 5.41) is 8.53. The van der Waals surface area contributed by atoms with E-state index in [1.807, 2.05) is 37.3 Å². The Bertz CT molecular complexity index is 325. The largest absolute Gasteiger partial charge is 0.193 e. The van der Waals surface area contributed by atoms with E-state index in [2.05, 4.69) is 6.07 Å². The zero-order valence-corrected chi connectivity index (χ0v) is 7.33. The number of rotatable bonds is 1. The molecule has 0 amide bonds. The SMILES string of the molecule is C/C(C#N)=C/c1ccc(C)cc1. The van der Waals surface area contributed by atoms with Crippen LogP contribution in [0.15, 0.2) is 29.8 Å².